The average molecular weight is 272 g/mol. The zero-order valence-electron chi connectivity index (χ0n) is 11.0. The van der Waals surface area contributed by atoms with Crippen molar-refractivity contribution in [2.24, 2.45) is 0 Å². The van der Waals surface area contributed by atoms with E-state index in [0.717, 1.165) is 5.56 Å². The minimum atomic E-state index is -0.802. The molecule has 2 aromatic rings. The Morgan fingerprint density at radius 2 is 2.15 bits per heavy atom. The summed E-state index contributed by atoms with van der Waals surface area (Å²) in [6.07, 6.45) is 3.01. The lowest BCUT2D eigenvalue weighted by Crippen LogP contribution is -2.11. The molecule has 0 amide bonds. The highest BCUT2D eigenvalue weighted by Gasteiger charge is 2.13. The summed E-state index contributed by atoms with van der Waals surface area (Å²) in [4.78, 5) is 12.0. The van der Waals surface area contributed by atoms with Gasteiger partial charge in [-0.25, -0.2) is 0 Å². The predicted molar refractivity (Wildman–Crippen MR) is 74.0 cm³/mol. The Morgan fingerprint density at radius 3 is 2.80 bits per heavy atom. The lowest BCUT2D eigenvalue weighted by Gasteiger charge is -2.09. The number of hydrogen-bond donors (Lipinski definition) is 1. The molecule has 104 valence electrons. The Balaban J connectivity index is 2.06. The van der Waals surface area contributed by atoms with E-state index in [9.17, 15) is 4.79 Å². The zero-order chi connectivity index (χ0) is 14.4. The van der Waals surface area contributed by atoms with Crippen LogP contribution in [0.2, 0.25) is 0 Å². The van der Waals surface area contributed by atoms with Crippen LogP contribution in [0.1, 0.15) is 25.3 Å². The van der Waals surface area contributed by atoms with E-state index in [2.05, 4.69) is 22.0 Å². The van der Waals surface area contributed by atoms with Crippen molar-refractivity contribution in [2.45, 2.75) is 25.3 Å². The quantitative estimate of drug-likeness (QED) is 0.782. The van der Waals surface area contributed by atoms with Crippen LogP contribution in [0.5, 0.6) is 0 Å². The van der Waals surface area contributed by atoms with E-state index < -0.39 is 5.97 Å². The lowest BCUT2D eigenvalue weighted by molar-refractivity contribution is -0.137. The van der Waals surface area contributed by atoms with Crippen molar-refractivity contribution < 1.29 is 9.90 Å². The number of carbonyl (C=O) groups is 1. The molecular formula is C14H16N4O2. The Labute approximate surface area is 116 Å². The molecule has 6 nitrogen and oxygen atoms in total. The molecule has 6 heteroatoms. The van der Waals surface area contributed by atoms with Gasteiger partial charge >= 0.3 is 5.97 Å². The van der Waals surface area contributed by atoms with Gasteiger partial charge in [0.2, 0.25) is 5.82 Å². The molecule has 0 aliphatic carbocycles. The number of carboxylic acids is 1. The van der Waals surface area contributed by atoms with Gasteiger partial charge in [0, 0.05) is 12.0 Å². The lowest BCUT2D eigenvalue weighted by atomic mass is 10.1. The second kappa shape index (κ2) is 6.60. The smallest absolute Gasteiger partial charge is 0.303 e. The number of carboxylic acid groups (broad SMARTS) is 1. The fourth-order valence-corrected chi connectivity index (χ4v) is 1.86. The second-order valence-electron chi connectivity index (χ2n) is 4.39. The maximum atomic E-state index is 10.5. The van der Waals surface area contributed by atoms with Gasteiger partial charge in [0.1, 0.15) is 0 Å². The maximum Gasteiger partial charge on any atom is 0.303 e. The molecule has 20 heavy (non-hydrogen) atoms. The molecule has 1 heterocycles. The van der Waals surface area contributed by atoms with Crippen molar-refractivity contribution in [3.05, 3.63) is 43.0 Å². The maximum absolute atomic E-state index is 10.5. The number of aliphatic carboxylic acids is 1. The van der Waals surface area contributed by atoms with Gasteiger partial charge < -0.3 is 5.11 Å². The third-order valence-corrected chi connectivity index (χ3v) is 2.92. The Morgan fingerprint density at radius 1 is 1.40 bits per heavy atom. The summed E-state index contributed by atoms with van der Waals surface area (Å²) in [5, 5.41) is 21.0. The average Bonchev–Trinajstić information content (AvgIpc) is 2.94. The standard InChI is InChI=1S/C14H16N4O2/c1-2-12(9-6-10-13(19)20)18-16-14(15-17-18)11-7-4-3-5-8-11/h2-5,7-8,12H,1,6,9-10H2,(H,19,20)/t12-/m0/s1. The number of tetrazole rings is 1. The highest BCUT2D eigenvalue weighted by Crippen LogP contribution is 2.17. The van der Waals surface area contributed by atoms with E-state index in [0.29, 0.717) is 18.7 Å². The van der Waals surface area contributed by atoms with Gasteiger partial charge in [-0.05, 0) is 18.1 Å². The molecule has 0 bridgehead atoms. The van der Waals surface area contributed by atoms with Crippen LogP contribution in [-0.4, -0.2) is 31.3 Å². The van der Waals surface area contributed by atoms with Crippen LogP contribution < -0.4 is 0 Å². The van der Waals surface area contributed by atoms with Gasteiger partial charge in [-0.1, -0.05) is 36.4 Å². The largest absolute Gasteiger partial charge is 0.481 e. The van der Waals surface area contributed by atoms with Crippen molar-refractivity contribution in [1.82, 2.24) is 20.2 Å². The van der Waals surface area contributed by atoms with Gasteiger partial charge in [-0.3, -0.25) is 4.79 Å². The van der Waals surface area contributed by atoms with E-state index in [1.165, 1.54) is 4.80 Å². The van der Waals surface area contributed by atoms with Crippen molar-refractivity contribution in [3.63, 3.8) is 0 Å². The number of aromatic nitrogens is 4. The first-order chi connectivity index (χ1) is 9.70. The van der Waals surface area contributed by atoms with E-state index >= 15 is 0 Å². The zero-order valence-corrected chi connectivity index (χ0v) is 11.0. The predicted octanol–water partition coefficient (Wildman–Crippen LogP) is 2.32. The molecule has 1 aromatic carbocycles. The summed E-state index contributed by atoms with van der Waals surface area (Å²) in [7, 11) is 0. The SMILES string of the molecule is C=C[C@@H](CCCC(=O)O)n1nnc(-c2ccccc2)n1. The van der Waals surface area contributed by atoms with Crippen LogP contribution in [0.4, 0.5) is 0 Å². The first-order valence-corrected chi connectivity index (χ1v) is 6.40. The van der Waals surface area contributed by atoms with Gasteiger partial charge in [0.15, 0.2) is 0 Å². The van der Waals surface area contributed by atoms with Gasteiger partial charge in [0.25, 0.3) is 0 Å². The third-order valence-electron chi connectivity index (χ3n) is 2.92. The fraction of sp³-hybridized carbons (Fsp3) is 0.286. The highest BCUT2D eigenvalue weighted by molar-refractivity contribution is 5.66. The second-order valence-corrected chi connectivity index (χ2v) is 4.39. The summed E-state index contributed by atoms with van der Waals surface area (Å²) in [6.45, 7) is 3.74. The minimum Gasteiger partial charge on any atom is -0.481 e. The summed E-state index contributed by atoms with van der Waals surface area (Å²) < 4.78 is 0. The van der Waals surface area contributed by atoms with Crippen molar-refractivity contribution in [3.8, 4) is 11.4 Å². The Bertz CT molecular complexity index is 580. The number of allylic oxidation sites excluding steroid dienone is 1. The van der Waals surface area contributed by atoms with Crippen molar-refractivity contribution in [2.75, 3.05) is 0 Å². The molecule has 0 fully saturated rings. The molecule has 1 N–H and O–H groups in total. The summed E-state index contributed by atoms with van der Waals surface area (Å²) in [5.41, 5.74) is 0.895. The molecule has 0 radical (unpaired) electrons. The van der Waals surface area contributed by atoms with Gasteiger partial charge in [-0.15, -0.1) is 16.8 Å². The molecule has 0 spiro atoms. The number of benzene rings is 1. The van der Waals surface area contributed by atoms with Crippen LogP contribution in [0.15, 0.2) is 43.0 Å². The van der Waals surface area contributed by atoms with Gasteiger partial charge in [0.05, 0.1) is 6.04 Å². The van der Waals surface area contributed by atoms with Crippen molar-refractivity contribution in [1.29, 1.82) is 0 Å². The number of hydrogen-bond acceptors (Lipinski definition) is 4. The topological polar surface area (TPSA) is 80.9 Å². The molecule has 1 atom stereocenters. The Kier molecular flexibility index (Phi) is 4.60. The molecule has 2 rings (SSSR count). The third kappa shape index (κ3) is 3.50. The first-order valence-electron chi connectivity index (χ1n) is 6.40. The molecule has 0 saturated carbocycles. The van der Waals surface area contributed by atoms with Crippen molar-refractivity contribution >= 4 is 5.97 Å². The Hall–Kier alpha value is -2.50. The van der Waals surface area contributed by atoms with Crippen LogP contribution in [0, 0.1) is 0 Å². The highest BCUT2D eigenvalue weighted by atomic mass is 16.4. The van der Waals surface area contributed by atoms with E-state index in [1.54, 1.807) is 6.08 Å². The van der Waals surface area contributed by atoms with E-state index in [1.807, 2.05) is 30.3 Å². The summed E-state index contributed by atoms with van der Waals surface area (Å²) in [5.74, 6) is -0.250. The molecular weight excluding hydrogens is 256 g/mol. The minimum absolute atomic E-state index is 0.130. The van der Waals surface area contributed by atoms with Crippen LogP contribution >= 0.6 is 0 Å². The normalized spacial score (nSPS) is 12.0. The van der Waals surface area contributed by atoms with E-state index in [-0.39, 0.29) is 12.5 Å². The molecule has 0 unspecified atom stereocenters. The van der Waals surface area contributed by atoms with Gasteiger partial charge in [-0.2, -0.15) is 4.80 Å². The number of rotatable bonds is 7. The van der Waals surface area contributed by atoms with Crippen LogP contribution in [0.3, 0.4) is 0 Å². The molecule has 0 saturated heterocycles. The molecule has 0 aliphatic heterocycles. The summed E-state index contributed by atoms with van der Waals surface area (Å²) in [6, 6.07) is 9.43. The van der Waals surface area contributed by atoms with Crippen LogP contribution in [0.25, 0.3) is 11.4 Å². The van der Waals surface area contributed by atoms with E-state index in [4.69, 9.17) is 5.11 Å². The monoisotopic (exact) mass is 272 g/mol. The van der Waals surface area contributed by atoms with Crippen LogP contribution in [-0.2, 0) is 4.79 Å². The fourth-order valence-electron chi connectivity index (χ4n) is 1.86. The summed E-state index contributed by atoms with van der Waals surface area (Å²) >= 11 is 0. The first kappa shape index (κ1) is 13.9. The molecule has 0 aliphatic rings. The number of nitrogens with zero attached hydrogens (tertiary/aromatic N) is 4. The molecule has 1 aromatic heterocycles.